The molecule has 3 nitrogen and oxygen atoms in total. The Bertz CT molecular complexity index is 631. The average Bonchev–Trinajstić information content (AvgIpc) is 3.13. The number of Topliss-reactive ketones (excluding diaryl/α,β-unsaturated/α-hetero) is 1. The van der Waals surface area contributed by atoms with Crippen LogP contribution >= 0.6 is 0 Å². The van der Waals surface area contributed by atoms with Gasteiger partial charge in [-0.2, -0.15) is 0 Å². The van der Waals surface area contributed by atoms with Crippen LogP contribution < -0.4 is 0 Å². The van der Waals surface area contributed by atoms with Gasteiger partial charge in [0.25, 0.3) is 0 Å². The summed E-state index contributed by atoms with van der Waals surface area (Å²) in [7, 11) is 0. The molecule has 0 radical (unpaired) electrons. The lowest BCUT2D eigenvalue weighted by Gasteiger charge is -2.61. The van der Waals surface area contributed by atoms with E-state index in [1.54, 1.807) is 6.92 Å². The first-order valence-corrected chi connectivity index (χ1v) is 10.6. The lowest BCUT2D eigenvalue weighted by atomic mass is 9.44. The highest BCUT2D eigenvalue weighted by atomic mass is 16.6. The van der Waals surface area contributed by atoms with Crippen molar-refractivity contribution in [1.82, 2.24) is 0 Å². The summed E-state index contributed by atoms with van der Waals surface area (Å²) in [5.74, 6) is 3.13. The zero-order valence-corrected chi connectivity index (χ0v) is 16.3. The lowest BCUT2D eigenvalue weighted by Crippen LogP contribution is -2.56. The summed E-state index contributed by atoms with van der Waals surface area (Å²) in [5, 5.41) is 10.2. The zero-order valence-electron chi connectivity index (χ0n) is 16.3. The standard InChI is InChI=1S/C22H34O3/c1-13(23)22-20(3)10-8-17-16(18(20)12-21(22,4)25-22)6-5-14-11-15(24)7-9-19(14,17)2/h14-18,24H,5-12H2,1-4H3/t14-,15+,16+,17+,18+,19-,20-,21+,22-/m0/s1. The van der Waals surface area contributed by atoms with Gasteiger partial charge in [-0.25, -0.2) is 0 Å². The Morgan fingerprint density at radius 2 is 1.80 bits per heavy atom. The van der Waals surface area contributed by atoms with Crippen molar-refractivity contribution in [2.45, 2.75) is 96.4 Å². The molecule has 5 fully saturated rings. The molecule has 25 heavy (non-hydrogen) atoms. The van der Waals surface area contributed by atoms with Gasteiger partial charge in [-0.15, -0.1) is 0 Å². The van der Waals surface area contributed by atoms with Crippen molar-refractivity contribution in [3.8, 4) is 0 Å². The van der Waals surface area contributed by atoms with E-state index in [-0.39, 0.29) is 22.9 Å². The summed E-state index contributed by atoms with van der Waals surface area (Å²) >= 11 is 0. The van der Waals surface area contributed by atoms with Gasteiger partial charge in [0, 0.05) is 5.41 Å². The molecule has 0 amide bonds. The van der Waals surface area contributed by atoms with Crippen LogP contribution in [0.15, 0.2) is 0 Å². The Balaban J connectivity index is 1.49. The van der Waals surface area contributed by atoms with Crippen molar-refractivity contribution in [1.29, 1.82) is 0 Å². The number of ketones is 1. The molecule has 3 heteroatoms. The molecule has 0 aromatic heterocycles. The molecule has 140 valence electrons. The van der Waals surface area contributed by atoms with Gasteiger partial charge >= 0.3 is 0 Å². The largest absolute Gasteiger partial charge is 0.393 e. The van der Waals surface area contributed by atoms with Crippen LogP contribution in [0.2, 0.25) is 0 Å². The molecule has 0 bridgehead atoms. The van der Waals surface area contributed by atoms with E-state index in [1.807, 2.05) is 0 Å². The SMILES string of the molecule is CC(=O)[C@@]12O[C@]1(C)C[C@@H]1[C@@H]3CC[C@H]4C[C@H](O)CC[C@]4(C)[C@@H]3CC[C@@]12C. The number of hydrogen-bond acceptors (Lipinski definition) is 3. The molecule has 1 N–H and O–H groups in total. The number of rotatable bonds is 1. The van der Waals surface area contributed by atoms with Crippen LogP contribution in [0.4, 0.5) is 0 Å². The number of hydrogen-bond donors (Lipinski definition) is 1. The Labute approximate surface area is 151 Å². The molecule has 1 heterocycles. The van der Waals surface area contributed by atoms with Gasteiger partial charge < -0.3 is 9.84 Å². The third-order valence-corrected chi connectivity index (χ3v) is 10.0. The monoisotopic (exact) mass is 346 g/mol. The minimum Gasteiger partial charge on any atom is -0.393 e. The van der Waals surface area contributed by atoms with Crippen LogP contribution in [0.3, 0.4) is 0 Å². The number of carbonyl (C=O) groups is 1. The molecule has 0 spiro atoms. The summed E-state index contributed by atoms with van der Waals surface area (Å²) in [4.78, 5) is 12.6. The van der Waals surface area contributed by atoms with E-state index in [4.69, 9.17) is 4.74 Å². The van der Waals surface area contributed by atoms with Crippen LogP contribution in [0.5, 0.6) is 0 Å². The van der Waals surface area contributed by atoms with Gasteiger partial charge in [-0.3, -0.25) is 4.79 Å². The highest BCUT2D eigenvalue weighted by Gasteiger charge is 2.85. The number of fused-ring (bicyclic) bond motifs is 7. The van der Waals surface area contributed by atoms with Gasteiger partial charge in [0.1, 0.15) is 5.60 Å². The van der Waals surface area contributed by atoms with Crippen molar-refractivity contribution >= 4 is 5.78 Å². The normalized spacial score (nSPS) is 62.4. The van der Waals surface area contributed by atoms with Crippen molar-refractivity contribution in [3.05, 3.63) is 0 Å². The summed E-state index contributed by atoms with van der Waals surface area (Å²) < 4.78 is 6.20. The highest BCUT2D eigenvalue weighted by Crippen LogP contribution is 2.77. The van der Waals surface area contributed by atoms with E-state index in [2.05, 4.69) is 20.8 Å². The average molecular weight is 347 g/mol. The quantitative estimate of drug-likeness (QED) is 0.727. The Morgan fingerprint density at radius 3 is 2.52 bits per heavy atom. The molecule has 1 aliphatic heterocycles. The molecule has 4 aliphatic carbocycles. The maximum atomic E-state index is 12.6. The Kier molecular flexibility index (Phi) is 3.15. The zero-order chi connectivity index (χ0) is 17.8. The van der Waals surface area contributed by atoms with E-state index < -0.39 is 5.60 Å². The molecule has 0 aromatic rings. The predicted molar refractivity (Wildman–Crippen MR) is 96.0 cm³/mol. The van der Waals surface area contributed by atoms with E-state index in [0.717, 1.165) is 37.5 Å². The fourth-order valence-corrected chi connectivity index (χ4v) is 8.85. The first-order chi connectivity index (χ1) is 11.7. The van der Waals surface area contributed by atoms with Gasteiger partial charge in [-0.1, -0.05) is 13.8 Å². The van der Waals surface area contributed by atoms with Crippen LogP contribution in [-0.2, 0) is 9.53 Å². The second kappa shape index (κ2) is 4.70. The van der Waals surface area contributed by atoms with Crippen LogP contribution in [0.25, 0.3) is 0 Å². The van der Waals surface area contributed by atoms with Gasteiger partial charge in [0.05, 0.1) is 6.10 Å². The number of carbonyl (C=O) groups excluding carboxylic acids is 1. The van der Waals surface area contributed by atoms with Crippen LogP contribution in [-0.4, -0.2) is 28.2 Å². The molecule has 0 aromatic carbocycles. The molecule has 4 saturated carbocycles. The first kappa shape index (κ1) is 16.7. The van der Waals surface area contributed by atoms with Crippen molar-refractivity contribution in [3.63, 3.8) is 0 Å². The smallest absolute Gasteiger partial charge is 0.165 e. The maximum absolute atomic E-state index is 12.6. The van der Waals surface area contributed by atoms with E-state index >= 15 is 0 Å². The third-order valence-electron chi connectivity index (χ3n) is 10.0. The third kappa shape index (κ3) is 1.74. The first-order valence-electron chi connectivity index (χ1n) is 10.6. The van der Waals surface area contributed by atoms with Gasteiger partial charge in [0.15, 0.2) is 11.4 Å². The minimum absolute atomic E-state index is 0.0339. The molecule has 5 rings (SSSR count). The summed E-state index contributed by atoms with van der Waals surface area (Å²) in [6.07, 6.45) is 9.14. The minimum atomic E-state index is -0.490. The summed E-state index contributed by atoms with van der Waals surface area (Å²) in [6.45, 7) is 8.84. The molecule has 9 atom stereocenters. The van der Waals surface area contributed by atoms with E-state index in [0.29, 0.717) is 17.3 Å². The fourth-order valence-electron chi connectivity index (χ4n) is 8.85. The predicted octanol–water partition coefficient (Wildman–Crippen LogP) is 4.12. The fraction of sp³-hybridized carbons (Fsp3) is 0.955. The van der Waals surface area contributed by atoms with Gasteiger partial charge in [-0.05, 0) is 94.3 Å². The maximum Gasteiger partial charge on any atom is 0.165 e. The second-order valence-corrected chi connectivity index (χ2v) is 10.8. The second-order valence-electron chi connectivity index (χ2n) is 10.8. The molecule has 0 unspecified atom stereocenters. The molecule has 1 saturated heterocycles. The van der Waals surface area contributed by atoms with E-state index in [9.17, 15) is 9.90 Å². The molecular weight excluding hydrogens is 312 g/mol. The van der Waals surface area contributed by atoms with Crippen molar-refractivity contribution < 1.29 is 14.6 Å². The van der Waals surface area contributed by atoms with Crippen molar-refractivity contribution in [2.24, 2.45) is 34.5 Å². The summed E-state index contributed by atoms with van der Waals surface area (Å²) in [6, 6.07) is 0. The van der Waals surface area contributed by atoms with Gasteiger partial charge in [0.2, 0.25) is 0 Å². The Hall–Kier alpha value is -0.410. The number of ether oxygens (including phenoxy) is 1. The number of aliphatic hydroxyl groups excluding tert-OH is 1. The number of epoxide rings is 1. The molecular formula is C22H34O3. The van der Waals surface area contributed by atoms with Crippen LogP contribution in [0.1, 0.15) is 79.1 Å². The topological polar surface area (TPSA) is 49.8 Å². The highest BCUT2D eigenvalue weighted by molar-refractivity contribution is 5.91. The number of aliphatic hydroxyl groups is 1. The van der Waals surface area contributed by atoms with E-state index in [1.165, 1.54) is 25.7 Å². The Morgan fingerprint density at radius 1 is 1.04 bits per heavy atom. The van der Waals surface area contributed by atoms with Crippen molar-refractivity contribution in [2.75, 3.05) is 0 Å². The lowest BCUT2D eigenvalue weighted by molar-refractivity contribution is -0.152. The summed E-state index contributed by atoms with van der Waals surface area (Å²) in [5.41, 5.74) is -0.253. The van der Waals surface area contributed by atoms with Crippen LogP contribution in [0, 0.1) is 34.5 Å². The molecule has 5 aliphatic rings.